The minimum absolute atomic E-state index is 0.0104. The average Bonchev–Trinajstić information content (AvgIpc) is 3.56. The number of ether oxygens (including phenoxy) is 1. The molecule has 3 heterocycles. The van der Waals surface area contributed by atoms with Crippen LogP contribution in [0.2, 0.25) is 0 Å². The molecule has 43 heavy (non-hydrogen) atoms. The highest BCUT2D eigenvalue weighted by Crippen LogP contribution is 2.63. The fourth-order valence-electron chi connectivity index (χ4n) is 7.54. The van der Waals surface area contributed by atoms with Gasteiger partial charge < -0.3 is 24.5 Å². The largest absolute Gasteiger partial charge is 0.396 e. The molecule has 1 N–H and O–H groups in total. The molecule has 0 saturated carbocycles. The zero-order chi connectivity index (χ0) is 30.9. The van der Waals surface area contributed by atoms with E-state index in [0.717, 1.165) is 22.5 Å². The second-order valence-corrected chi connectivity index (χ2v) is 12.3. The summed E-state index contributed by atoms with van der Waals surface area (Å²) in [7, 11) is 0. The third-order valence-electron chi connectivity index (χ3n) is 9.46. The fraction of sp³-hybridized carbons (Fsp3) is 0.457. The normalized spacial score (nSPS) is 27.2. The van der Waals surface area contributed by atoms with Gasteiger partial charge in [-0.2, -0.15) is 0 Å². The Kier molecular flexibility index (Phi) is 8.63. The lowest BCUT2D eigenvalue weighted by Crippen LogP contribution is -2.56. The summed E-state index contributed by atoms with van der Waals surface area (Å²) >= 11 is 0. The summed E-state index contributed by atoms with van der Waals surface area (Å²) in [5, 5.41) is 9.51. The molecule has 5 atom stereocenters. The summed E-state index contributed by atoms with van der Waals surface area (Å²) in [6, 6.07) is 14.4. The zero-order valence-corrected chi connectivity index (χ0v) is 25.5. The Labute approximate surface area is 254 Å². The van der Waals surface area contributed by atoms with Crippen molar-refractivity contribution in [1.82, 2.24) is 4.90 Å². The summed E-state index contributed by atoms with van der Waals surface area (Å²) in [5.41, 5.74) is 1.39. The van der Waals surface area contributed by atoms with E-state index in [1.54, 1.807) is 26.9 Å². The van der Waals surface area contributed by atoms with E-state index in [1.807, 2.05) is 69.3 Å². The number of rotatable bonds is 12. The van der Waals surface area contributed by atoms with Crippen LogP contribution in [-0.2, 0) is 19.1 Å². The molecular formula is C35H43N3O5. The van der Waals surface area contributed by atoms with Gasteiger partial charge in [-0.25, -0.2) is 0 Å². The van der Waals surface area contributed by atoms with E-state index in [2.05, 4.69) is 13.2 Å². The van der Waals surface area contributed by atoms with Gasteiger partial charge in [0.25, 0.3) is 5.91 Å². The number of aryl methyl sites for hydroxylation is 2. The third kappa shape index (κ3) is 5.10. The zero-order valence-electron chi connectivity index (χ0n) is 25.5. The van der Waals surface area contributed by atoms with Gasteiger partial charge in [-0.3, -0.25) is 14.4 Å². The van der Waals surface area contributed by atoms with Gasteiger partial charge in [-0.15, -0.1) is 13.2 Å². The first-order chi connectivity index (χ1) is 20.6. The Morgan fingerprint density at radius 2 is 1.72 bits per heavy atom. The van der Waals surface area contributed by atoms with Crippen LogP contribution in [-0.4, -0.2) is 71.2 Å². The maximum atomic E-state index is 14.8. The second-order valence-electron chi connectivity index (χ2n) is 12.3. The van der Waals surface area contributed by atoms with Crippen molar-refractivity contribution in [2.45, 2.75) is 63.7 Å². The van der Waals surface area contributed by atoms with E-state index in [-0.39, 0.29) is 37.4 Å². The first kappa shape index (κ1) is 30.7. The number of amides is 3. The third-order valence-corrected chi connectivity index (χ3v) is 9.46. The molecule has 3 saturated heterocycles. The number of aliphatic hydroxyl groups is 1. The minimum atomic E-state index is -1.14. The molecule has 3 fully saturated rings. The average molecular weight is 586 g/mol. The molecule has 5 rings (SSSR count). The van der Waals surface area contributed by atoms with Crippen molar-refractivity contribution < 1.29 is 24.2 Å². The van der Waals surface area contributed by atoms with Gasteiger partial charge in [0.15, 0.2) is 0 Å². The molecule has 3 aliphatic rings. The Morgan fingerprint density at radius 3 is 2.40 bits per heavy atom. The van der Waals surface area contributed by atoms with Gasteiger partial charge in [0.1, 0.15) is 11.6 Å². The molecule has 2 bridgehead atoms. The van der Waals surface area contributed by atoms with Crippen LogP contribution in [0.1, 0.15) is 43.7 Å². The van der Waals surface area contributed by atoms with Crippen molar-refractivity contribution in [2.75, 3.05) is 36.0 Å². The summed E-state index contributed by atoms with van der Waals surface area (Å²) in [6.45, 7) is 14.5. The molecule has 3 aliphatic heterocycles. The molecule has 228 valence electrons. The van der Waals surface area contributed by atoms with Gasteiger partial charge in [0.2, 0.25) is 11.8 Å². The van der Waals surface area contributed by atoms with Gasteiger partial charge in [-0.05, 0) is 75.8 Å². The quantitative estimate of drug-likeness (QED) is 0.291. The minimum Gasteiger partial charge on any atom is -0.396 e. The Morgan fingerprint density at radius 1 is 1.02 bits per heavy atom. The van der Waals surface area contributed by atoms with E-state index < -0.39 is 29.1 Å². The maximum Gasteiger partial charge on any atom is 0.253 e. The number of carbonyl (C=O) groups excluding carboxylic acids is 3. The van der Waals surface area contributed by atoms with Crippen LogP contribution < -0.4 is 9.80 Å². The number of likely N-dealkylation sites (tertiary alicyclic amines) is 1. The van der Waals surface area contributed by atoms with E-state index >= 15 is 0 Å². The fourth-order valence-corrected chi connectivity index (χ4v) is 7.54. The van der Waals surface area contributed by atoms with Crippen molar-refractivity contribution in [3.63, 3.8) is 0 Å². The molecule has 3 amide bonds. The SMILES string of the molecule is C=CCN(C(=O)[C@H]1[C@H]2C(=O)N(CCCCO)C(C(=O)N(CC=C)c3cc(C)ccc3C)C23CC[C@]1(C)O3)c1ccccc1. The van der Waals surface area contributed by atoms with E-state index in [0.29, 0.717) is 32.2 Å². The molecular weight excluding hydrogens is 542 g/mol. The molecule has 2 unspecified atom stereocenters. The van der Waals surface area contributed by atoms with Crippen LogP contribution in [0.4, 0.5) is 11.4 Å². The van der Waals surface area contributed by atoms with Crippen LogP contribution >= 0.6 is 0 Å². The number of fused-ring (bicyclic) bond motifs is 1. The van der Waals surface area contributed by atoms with Gasteiger partial charge >= 0.3 is 0 Å². The highest BCUT2D eigenvalue weighted by Gasteiger charge is 2.78. The van der Waals surface area contributed by atoms with Crippen molar-refractivity contribution in [2.24, 2.45) is 11.8 Å². The van der Waals surface area contributed by atoms with E-state index in [1.165, 1.54) is 0 Å². The first-order valence-electron chi connectivity index (χ1n) is 15.2. The van der Waals surface area contributed by atoms with Crippen LogP contribution in [0, 0.1) is 25.7 Å². The number of carbonyl (C=O) groups is 3. The van der Waals surface area contributed by atoms with Crippen molar-refractivity contribution in [1.29, 1.82) is 0 Å². The predicted molar refractivity (Wildman–Crippen MR) is 168 cm³/mol. The molecule has 0 radical (unpaired) electrons. The highest BCUT2D eigenvalue weighted by molar-refractivity contribution is 6.07. The number of aliphatic hydroxyl groups excluding tert-OH is 1. The Balaban J connectivity index is 1.60. The molecule has 0 aliphatic carbocycles. The lowest BCUT2D eigenvalue weighted by molar-refractivity contribution is -0.144. The predicted octanol–water partition coefficient (Wildman–Crippen LogP) is 4.58. The molecule has 0 aromatic heterocycles. The first-order valence-corrected chi connectivity index (χ1v) is 15.2. The smallest absolute Gasteiger partial charge is 0.253 e. The number of unbranched alkanes of at least 4 members (excludes halogenated alkanes) is 1. The van der Waals surface area contributed by atoms with Crippen LogP contribution in [0.15, 0.2) is 73.8 Å². The van der Waals surface area contributed by atoms with E-state index in [9.17, 15) is 19.5 Å². The van der Waals surface area contributed by atoms with Gasteiger partial charge in [-0.1, -0.05) is 42.5 Å². The van der Waals surface area contributed by atoms with Crippen molar-refractivity contribution >= 4 is 29.1 Å². The number of nitrogens with zero attached hydrogens (tertiary/aromatic N) is 3. The van der Waals surface area contributed by atoms with Crippen LogP contribution in [0.3, 0.4) is 0 Å². The summed E-state index contributed by atoms with van der Waals surface area (Å²) in [6.07, 6.45) is 5.45. The second kappa shape index (κ2) is 12.1. The number of benzene rings is 2. The van der Waals surface area contributed by atoms with Crippen LogP contribution in [0.5, 0.6) is 0 Å². The number of anilines is 2. The molecule has 2 aromatic carbocycles. The number of hydrogen-bond donors (Lipinski definition) is 1. The standard InChI is InChI=1S/C35H43N3O5/c1-6-19-36(26-13-9-8-10-14-26)31(40)28-29-32(41)38(21-11-12-22-39)30(35(29)18-17-34(28,5)43-35)33(42)37(20-7-2)27-23-24(3)15-16-25(27)4/h6-10,13-16,23,28-30,39H,1-2,11-12,17-22H2,3-5H3/t28-,29+,30?,34+,35?/m1/s1. The monoisotopic (exact) mass is 585 g/mol. The topological polar surface area (TPSA) is 90.4 Å². The van der Waals surface area contributed by atoms with Gasteiger partial charge in [0, 0.05) is 37.6 Å². The number of hydrogen-bond acceptors (Lipinski definition) is 5. The van der Waals surface area contributed by atoms with Crippen molar-refractivity contribution in [3.05, 3.63) is 85.0 Å². The van der Waals surface area contributed by atoms with Crippen LogP contribution in [0.25, 0.3) is 0 Å². The number of para-hydroxylation sites is 1. The molecule has 8 heteroatoms. The van der Waals surface area contributed by atoms with Crippen molar-refractivity contribution in [3.8, 4) is 0 Å². The summed E-state index contributed by atoms with van der Waals surface area (Å²) in [4.78, 5) is 48.8. The Hall–Kier alpha value is -3.75. The Bertz CT molecular complexity index is 1410. The molecule has 1 spiro atoms. The maximum absolute atomic E-state index is 14.8. The molecule has 8 nitrogen and oxygen atoms in total. The highest BCUT2D eigenvalue weighted by atomic mass is 16.5. The lowest BCUT2D eigenvalue weighted by atomic mass is 9.66. The molecule has 2 aromatic rings. The lowest BCUT2D eigenvalue weighted by Gasteiger charge is -2.37. The van der Waals surface area contributed by atoms with E-state index in [4.69, 9.17) is 4.74 Å². The summed E-state index contributed by atoms with van der Waals surface area (Å²) < 4.78 is 6.87. The summed E-state index contributed by atoms with van der Waals surface area (Å²) in [5.74, 6) is -2.24. The van der Waals surface area contributed by atoms with Gasteiger partial charge in [0.05, 0.1) is 17.4 Å².